The smallest absolute Gasteiger partial charge is 0.350 e. The van der Waals surface area contributed by atoms with Gasteiger partial charge in [-0.05, 0) is 23.8 Å². The van der Waals surface area contributed by atoms with E-state index in [-0.39, 0.29) is 0 Å². The third kappa shape index (κ3) is 3.30. The maximum Gasteiger partial charge on any atom is 0.350 e. The monoisotopic (exact) mass is 323 g/mol. The van der Waals surface area contributed by atoms with E-state index in [4.69, 9.17) is 28.6 Å². The second-order valence-electron chi connectivity index (χ2n) is 3.74. The van der Waals surface area contributed by atoms with E-state index in [0.29, 0.717) is 15.6 Å². The van der Waals surface area contributed by atoms with Gasteiger partial charge in [-0.15, -0.1) is 11.3 Å². The number of hydrogen-bond acceptors (Lipinski definition) is 5. The van der Waals surface area contributed by atoms with Gasteiger partial charge in [-0.2, -0.15) is 0 Å². The molecule has 0 bridgehead atoms. The summed E-state index contributed by atoms with van der Waals surface area (Å²) in [5, 5.41) is 2.05. The van der Waals surface area contributed by atoms with Crippen molar-refractivity contribution in [3.8, 4) is 10.4 Å². The van der Waals surface area contributed by atoms with Gasteiger partial charge in [0.25, 0.3) is 0 Å². The van der Waals surface area contributed by atoms with Crippen LogP contribution in [0.4, 0.5) is 5.69 Å². The molecule has 102 valence electrons. The summed E-state index contributed by atoms with van der Waals surface area (Å²) >= 11 is 11.9. The molecule has 0 saturated carbocycles. The minimum absolute atomic E-state index is 0.410. The Morgan fingerprint density at radius 3 is 2.70 bits per heavy atom. The number of thiophene rings is 1. The molecule has 1 aromatic carbocycles. The summed E-state index contributed by atoms with van der Waals surface area (Å²) in [4.78, 5) is 17.3. The molecular weight excluding hydrogens is 314 g/mol. The molecule has 2 aromatic rings. The number of methoxy groups -OCH3 is 1. The third-order valence-electron chi connectivity index (χ3n) is 2.49. The molecule has 6 heteroatoms. The SMILES string of the molecule is COC(=O)c1sc(-c2ccc(Cl)cc2)cc1N=CC=S. The number of benzene rings is 1. The highest BCUT2D eigenvalue weighted by Crippen LogP contribution is 2.37. The van der Waals surface area contributed by atoms with E-state index in [1.54, 1.807) is 12.1 Å². The number of hydrogen-bond donors (Lipinski definition) is 0. The number of carbonyl (C=O) groups is 1. The summed E-state index contributed by atoms with van der Waals surface area (Å²) in [5.74, 6) is -0.410. The van der Waals surface area contributed by atoms with E-state index < -0.39 is 5.97 Å². The van der Waals surface area contributed by atoms with Crippen molar-refractivity contribution in [2.24, 2.45) is 4.99 Å². The quantitative estimate of drug-likeness (QED) is 0.470. The van der Waals surface area contributed by atoms with Crippen LogP contribution in [0.25, 0.3) is 10.4 Å². The Morgan fingerprint density at radius 1 is 1.40 bits per heavy atom. The zero-order chi connectivity index (χ0) is 14.5. The zero-order valence-electron chi connectivity index (χ0n) is 10.5. The molecular formula is C14H10ClNO2S2. The molecule has 0 saturated heterocycles. The fraction of sp³-hybridized carbons (Fsp3) is 0.0714. The van der Waals surface area contributed by atoms with Gasteiger partial charge in [-0.3, -0.25) is 4.99 Å². The van der Waals surface area contributed by atoms with Crippen molar-refractivity contribution in [2.45, 2.75) is 0 Å². The first-order valence-electron chi connectivity index (χ1n) is 5.61. The zero-order valence-corrected chi connectivity index (χ0v) is 12.9. The molecule has 0 aliphatic carbocycles. The van der Waals surface area contributed by atoms with E-state index in [2.05, 4.69) is 4.99 Å². The van der Waals surface area contributed by atoms with E-state index >= 15 is 0 Å². The van der Waals surface area contributed by atoms with Gasteiger partial charge in [0.05, 0.1) is 12.8 Å². The molecule has 0 amide bonds. The topological polar surface area (TPSA) is 38.7 Å². The number of aliphatic imine (C=N–C) groups is 1. The highest BCUT2D eigenvalue weighted by Gasteiger charge is 2.17. The van der Waals surface area contributed by atoms with Gasteiger partial charge in [0.2, 0.25) is 0 Å². The van der Waals surface area contributed by atoms with Crippen LogP contribution in [0, 0.1) is 0 Å². The lowest BCUT2D eigenvalue weighted by molar-refractivity contribution is 0.0607. The number of esters is 1. The highest BCUT2D eigenvalue weighted by molar-refractivity contribution is 7.80. The van der Waals surface area contributed by atoms with Gasteiger partial charge in [0.1, 0.15) is 4.88 Å². The van der Waals surface area contributed by atoms with Gasteiger partial charge in [-0.1, -0.05) is 36.0 Å². The Bertz CT molecular complexity index is 662. The van der Waals surface area contributed by atoms with Gasteiger partial charge in [-0.25, -0.2) is 4.79 Å². The Kier molecular flexibility index (Phi) is 5.00. The standard InChI is InChI=1S/C14H10ClNO2S2/c1-18-14(17)13-11(16-6-7-19)8-12(20-13)9-2-4-10(15)5-3-9/h2-8H,1H3. The summed E-state index contributed by atoms with van der Waals surface area (Å²) < 4.78 is 4.77. The normalized spacial score (nSPS) is 10.7. The predicted molar refractivity (Wildman–Crippen MR) is 87.9 cm³/mol. The molecule has 0 fully saturated rings. The number of carbonyl (C=O) groups excluding carboxylic acids is 1. The average molecular weight is 324 g/mol. The highest BCUT2D eigenvalue weighted by atomic mass is 35.5. The van der Waals surface area contributed by atoms with Crippen LogP contribution in [0.3, 0.4) is 0 Å². The molecule has 0 N–H and O–H groups in total. The molecule has 0 aliphatic rings. The number of halogens is 1. The number of nitrogens with zero attached hydrogens (tertiary/aromatic N) is 1. The third-order valence-corrected chi connectivity index (χ3v) is 4.01. The Hall–Kier alpha value is -1.56. The average Bonchev–Trinajstić information content (AvgIpc) is 2.89. The van der Waals surface area contributed by atoms with Crippen molar-refractivity contribution in [1.29, 1.82) is 0 Å². The van der Waals surface area contributed by atoms with E-state index in [9.17, 15) is 4.79 Å². The van der Waals surface area contributed by atoms with Crippen molar-refractivity contribution in [3.63, 3.8) is 0 Å². The molecule has 3 nitrogen and oxygen atoms in total. The molecule has 20 heavy (non-hydrogen) atoms. The first-order chi connectivity index (χ1) is 9.65. The Balaban J connectivity index is 2.47. The second kappa shape index (κ2) is 6.74. The minimum Gasteiger partial charge on any atom is -0.465 e. The number of thiocarbonyl (C=S) groups is 1. The largest absolute Gasteiger partial charge is 0.465 e. The summed E-state index contributed by atoms with van der Waals surface area (Å²) in [6, 6.07) is 9.21. The van der Waals surface area contributed by atoms with Crippen molar-refractivity contribution < 1.29 is 9.53 Å². The van der Waals surface area contributed by atoms with Gasteiger partial charge < -0.3 is 4.74 Å². The number of rotatable bonds is 4. The van der Waals surface area contributed by atoms with Crippen LogP contribution in [-0.4, -0.2) is 24.7 Å². The lowest BCUT2D eigenvalue weighted by Crippen LogP contribution is -1.97. The second-order valence-corrected chi connectivity index (χ2v) is 5.50. The first kappa shape index (κ1) is 14.8. The fourth-order valence-electron chi connectivity index (χ4n) is 1.58. The fourth-order valence-corrected chi connectivity index (χ4v) is 2.80. The maximum absolute atomic E-state index is 11.8. The van der Waals surface area contributed by atoms with Crippen molar-refractivity contribution in [1.82, 2.24) is 0 Å². The van der Waals surface area contributed by atoms with Crippen LogP contribution >= 0.6 is 35.2 Å². The van der Waals surface area contributed by atoms with Crippen LogP contribution in [0.2, 0.25) is 5.02 Å². The number of ether oxygens (including phenoxy) is 1. The lowest BCUT2D eigenvalue weighted by Gasteiger charge is -1.96. The maximum atomic E-state index is 11.8. The van der Waals surface area contributed by atoms with Crippen molar-refractivity contribution in [3.05, 3.63) is 40.2 Å². The molecule has 0 aliphatic heterocycles. The summed E-state index contributed by atoms with van der Waals surface area (Å²) in [6.45, 7) is 0. The lowest BCUT2D eigenvalue weighted by atomic mass is 10.2. The molecule has 1 aromatic heterocycles. The Labute approximate surface area is 130 Å². The molecule has 0 spiro atoms. The van der Waals surface area contributed by atoms with Gasteiger partial charge in [0.15, 0.2) is 0 Å². The van der Waals surface area contributed by atoms with Gasteiger partial charge in [0, 0.05) is 21.5 Å². The summed E-state index contributed by atoms with van der Waals surface area (Å²) in [6.07, 6.45) is 1.47. The van der Waals surface area contributed by atoms with E-state index in [1.165, 1.54) is 30.0 Å². The first-order valence-corrected chi connectivity index (χ1v) is 7.28. The van der Waals surface area contributed by atoms with Crippen LogP contribution in [0.5, 0.6) is 0 Å². The van der Waals surface area contributed by atoms with Crippen LogP contribution in [-0.2, 0) is 4.74 Å². The van der Waals surface area contributed by atoms with Crippen molar-refractivity contribution in [2.75, 3.05) is 7.11 Å². The molecule has 2 rings (SSSR count). The summed E-state index contributed by atoms with van der Waals surface area (Å²) in [5.41, 5.74) is 1.52. The molecule has 0 radical (unpaired) electrons. The van der Waals surface area contributed by atoms with Crippen molar-refractivity contribution >= 4 is 58.4 Å². The molecule has 0 unspecified atom stereocenters. The molecule has 0 atom stereocenters. The van der Waals surface area contributed by atoms with Crippen LogP contribution in [0.15, 0.2) is 35.3 Å². The van der Waals surface area contributed by atoms with E-state index in [1.807, 2.05) is 18.2 Å². The summed E-state index contributed by atoms with van der Waals surface area (Å²) in [7, 11) is 1.34. The predicted octanol–water partition coefficient (Wildman–Crippen LogP) is 4.56. The minimum atomic E-state index is -0.410. The molecule has 1 heterocycles. The van der Waals surface area contributed by atoms with Crippen LogP contribution in [0.1, 0.15) is 9.67 Å². The van der Waals surface area contributed by atoms with E-state index in [0.717, 1.165) is 10.4 Å². The van der Waals surface area contributed by atoms with Crippen LogP contribution < -0.4 is 0 Å². The van der Waals surface area contributed by atoms with Gasteiger partial charge >= 0.3 is 5.97 Å². The Morgan fingerprint density at radius 2 is 2.10 bits per heavy atom.